The molecule has 0 unspecified atom stereocenters. The second kappa shape index (κ2) is 5.02. The number of aromatic nitrogens is 2. The lowest BCUT2D eigenvalue weighted by Gasteiger charge is -2.40. The fraction of sp³-hybridized carbons (Fsp3) is 0.615. The maximum absolute atomic E-state index is 12.3. The first-order chi connectivity index (χ1) is 8.95. The van der Waals surface area contributed by atoms with Gasteiger partial charge in [-0.3, -0.25) is 14.8 Å². The number of carbonyl (C=O) groups is 1. The van der Waals surface area contributed by atoms with Crippen LogP contribution in [0.4, 0.5) is 0 Å². The average Bonchev–Trinajstić information content (AvgIpc) is 2.84. The zero-order valence-electron chi connectivity index (χ0n) is 11.6. The fourth-order valence-electron chi connectivity index (χ4n) is 2.28. The largest absolute Gasteiger partial charge is 0.336 e. The minimum Gasteiger partial charge on any atom is -0.336 e. The highest BCUT2D eigenvalue weighted by Crippen LogP contribution is 2.17. The Morgan fingerprint density at radius 2 is 2.05 bits per heavy atom. The number of piperazine rings is 1. The van der Waals surface area contributed by atoms with Gasteiger partial charge in [0, 0.05) is 31.9 Å². The van der Waals surface area contributed by atoms with E-state index >= 15 is 0 Å². The highest BCUT2D eigenvalue weighted by molar-refractivity contribution is 5.95. The first-order valence-corrected chi connectivity index (χ1v) is 6.41. The van der Waals surface area contributed by atoms with Gasteiger partial charge < -0.3 is 4.90 Å². The van der Waals surface area contributed by atoms with Crippen LogP contribution in [0, 0.1) is 18.3 Å². The lowest BCUT2D eigenvalue weighted by molar-refractivity contribution is 0.0520. The summed E-state index contributed by atoms with van der Waals surface area (Å²) >= 11 is 0. The molecule has 1 aromatic heterocycles. The standard InChI is InChI=1S/C13H19N5O/c1-10-11(8-15-16-10)12(19)17-4-6-18(7-5-17)13(2,3)9-14/h8H,4-7H2,1-3H3,(H,15,16). The molecule has 1 fully saturated rings. The number of nitrogens with zero attached hydrogens (tertiary/aromatic N) is 4. The van der Waals surface area contributed by atoms with Gasteiger partial charge in [-0.15, -0.1) is 0 Å². The van der Waals surface area contributed by atoms with Crippen molar-refractivity contribution in [3.8, 4) is 6.07 Å². The monoisotopic (exact) mass is 261 g/mol. The highest BCUT2D eigenvalue weighted by Gasteiger charge is 2.31. The SMILES string of the molecule is Cc1[nH]ncc1C(=O)N1CCN(C(C)(C)C#N)CC1. The van der Waals surface area contributed by atoms with E-state index in [-0.39, 0.29) is 5.91 Å². The smallest absolute Gasteiger partial charge is 0.257 e. The number of aryl methyl sites for hydroxylation is 1. The average molecular weight is 261 g/mol. The minimum atomic E-state index is -0.472. The van der Waals surface area contributed by atoms with Gasteiger partial charge in [-0.05, 0) is 20.8 Å². The number of carbonyl (C=O) groups excluding carboxylic acids is 1. The maximum Gasteiger partial charge on any atom is 0.257 e. The van der Waals surface area contributed by atoms with Gasteiger partial charge >= 0.3 is 0 Å². The summed E-state index contributed by atoms with van der Waals surface area (Å²) in [4.78, 5) is 16.2. The molecule has 0 aromatic carbocycles. The fourth-order valence-corrected chi connectivity index (χ4v) is 2.28. The Hall–Kier alpha value is -1.87. The Morgan fingerprint density at radius 3 is 2.53 bits per heavy atom. The van der Waals surface area contributed by atoms with Gasteiger partial charge in [0.05, 0.1) is 17.8 Å². The summed E-state index contributed by atoms with van der Waals surface area (Å²) in [6.07, 6.45) is 1.57. The van der Waals surface area contributed by atoms with Crippen LogP contribution in [-0.2, 0) is 0 Å². The van der Waals surface area contributed by atoms with Crippen LogP contribution in [0.15, 0.2) is 6.20 Å². The van der Waals surface area contributed by atoms with E-state index in [9.17, 15) is 4.79 Å². The van der Waals surface area contributed by atoms with Gasteiger partial charge in [-0.25, -0.2) is 0 Å². The zero-order chi connectivity index (χ0) is 14.0. The van der Waals surface area contributed by atoms with Gasteiger partial charge in [0.15, 0.2) is 0 Å². The number of aromatic amines is 1. The van der Waals surface area contributed by atoms with Gasteiger partial charge in [-0.1, -0.05) is 0 Å². The molecule has 102 valence electrons. The second-order valence-corrected chi connectivity index (χ2v) is 5.36. The van der Waals surface area contributed by atoms with Crippen LogP contribution < -0.4 is 0 Å². The van der Waals surface area contributed by atoms with Crippen LogP contribution in [0.25, 0.3) is 0 Å². The third kappa shape index (κ3) is 2.61. The molecule has 1 aliphatic rings. The van der Waals surface area contributed by atoms with Crippen LogP contribution in [-0.4, -0.2) is 57.6 Å². The van der Waals surface area contributed by atoms with E-state index in [1.165, 1.54) is 0 Å². The molecule has 2 heterocycles. The highest BCUT2D eigenvalue weighted by atomic mass is 16.2. The van der Waals surface area contributed by atoms with E-state index in [1.54, 1.807) is 6.20 Å². The molecule has 2 rings (SSSR count). The number of hydrogen-bond acceptors (Lipinski definition) is 4. The third-order valence-electron chi connectivity index (χ3n) is 3.69. The molecule has 1 N–H and O–H groups in total. The molecule has 19 heavy (non-hydrogen) atoms. The molecule has 1 aromatic rings. The van der Waals surface area contributed by atoms with Crippen LogP contribution >= 0.6 is 0 Å². The van der Waals surface area contributed by atoms with E-state index < -0.39 is 5.54 Å². The van der Waals surface area contributed by atoms with Crippen molar-refractivity contribution in [1.82, 2.24) is 20.0 Å². The molecular formula is C13H19N5O. The Balaban J connectivity index is 2.00. The van der Waals surface area contributed by atoms with Gasteiger partial charge in [0.25, 0.3) is 5.91 Å². The van der Waals surface area contributed by atoms with Crippen LogP contribution in [0.1, 0.15) is 29.9 Å². The molecule has 0 radical (unpaired) electrons. The molecule has 0 spiro atoms. The van der Waals surface area contributed by atoms with E-state index in [1.807, 2.05) is 25.7 Å². The maximum atomic E-state index is 12.3. The number of nitrogens with one attached hydrogen (secondary N) is 1. The number of nitriles is 1. The van der Waals surface area contributed by atoms with Crippen molar-refractivity contribution in [2.75, 3.05) is 26.2 Å². The van der Waals surface area contributed by atoms with Crippen molar-refractivity contribution in [3.05, 3.63) is 17.5 Å². The third-order valence-corrected chi connectivity index (χ3v) is 3.69. The van der Waals surface area contributed by atoms with E-state index in [4.69, 9.17) is 5.26 Å². The second-order valence-electron chi connectivity index (χ2n) is 5.36. The van der Waals surface area contributed by atoms with Crippen LogP contribution in [0.3, 0.4) is 0 Å². The molecule has 0 bridgehead atoms. The van der Waals surface area contributed by atoms with Crippen molar-refractivity contribution >= 4 is 5.91 Å². The van der Waals surface area contributed by atoms with Crippen LogP contribution in [0.2, 0.25) is 0 Å². The van der Waals surface area contributed by atoms with Crippen molar-refractivity contribution < 1.29 is 4.79 Å². The molecule has 6 nitrogen and oxygen atoms in total. The molecule has 1 saturated heterocycles. The topological polar surface area (TPSA) is 76.0 Å². The predicted molar refractivity (Wildman–Crippen MR) is 70.5 cm³/mol. The summed E-state index contributed by atoms with van der Waals surface area (Å²) in [6.45, 7) is 8.40. The molecule has 1 amide bonds. The molecule has 6 heteroatoms. The summed E-state index contributed by atoms with van der Waals surface area (Å²) in [6, 6.07) is 2.30. The summed E-state index contributed by atoms with van der Waals surface area (Å²) in [5, 5.41) is 15.8. The molecule has 1 aliphatic heterocycles. The van der Waals surface area contributed by atoms with Crippen molar-refractivity contribution in [2.24, 2.45) is 0 Å². The summed E-state index contributed by atoms with van der Waals surface area (Å²) in [5.74, 6) is 0.0145. The number of rotatable bonds is 2. The summed E-state index contributed by atoms with van der Waals surface area (Å²) in [5.41, 5.74) is 0.957. The van der Waals surface area contributed by atoms with Crippen LogP contribution in [0.5, 0.6) is 0 Å². The zero-order valence-corrected chi connectivity index (χ0v) is 11.6. The predicted octanol–water partition coefficient (Wildman–Crippen LogP) is 0.778. The van der Waals surface area contributed by atoms with E-state index in [0.717, 1.165) is 18.8 Å². The Morgan fingerprint density at radius 1 is 1.42 bits per heavy atom. The Labute approximate surface area is 113 Å². The number of amides is 1. The summed E-state index contributed by atoms with van der Waals surface area (Å²) in [7, 11) is 0. The molecule has 0 saturated carbocycles. The Bertz CT molecular complexity index is 505. The molecular weight excluding hydrogens is 242 g/mol. The van der Waals surface area contributed by atoms with Crippen molar-refractivity contribution in [3.63, 3.8) is 0 Å². The Kier molecular flexibility index (Phi) is 3.58. The quantitative estimate of drug-likeness (QED) is 0.853. The van der Waals surface area contributed by atoms with Gasteiger partial charge in [0.1, 0.15) is 5.54 Å². The lowest BCUT2D eigenvalue weighted by atomic mass is 10.0. The van der Waals surface area contributed by atoms with E-state index in [0.29, 0.717) is 18.7 Å². The van der Waals surface area contributed by atoms with E-state index in [2.05, 4.69) is 21.2 Å². The first kappa shape index (κ1) is 13.6. The first-order valence-electron chi connectivity index (χ1n) is 6.41. The van der Waals surface area contributed by atoms with Gasteiger partial charge in [-0.2, -0.15) is 10.4 Å². The summed E-state index contributed by atoms with van der Waals surface area (Å²) < 4.78 is 0. The van der Waals surface area contributed by atoms with Crippen molar-refractivity contribution in [1.29, 1.82) is 5.26 Å². The lowest BCUT2D eigenvalue weighted by Crippen LogP contribution is -2.55. The normalized spacial score (nSPS) is 17.3. The van der Waals surface area contributed by atoms with Gasteiger partial charge in [0.2, 0.25) is 0 Å². The minimum absolute atomic E-state index is 0.0145. The number of H-pyrrole nitrogens is 1. The number of hydrogen-bond donors (Lipinski definition) is 1. The molecule has 0 aliphatic carbocycles. The van der Waals surface area contributed by atoms with Crippen molar-refractivity contribution in [2.45, 2.75) is 26.3 Å². The molecule has 0 atom stereocenters.